The summed E-state index contributed by atoms with van der Waals surface area (Å²) in [6, 6.07) is 8.49. The van der Waals surface area contributed by atoms with Gasteiger partial charge in [-0.3, -0.25) is 4.79 Å². The zero-order chi connectivity index (χ0) is 13.7. The van der Waals surface area contributed by atoms with Gasteiger partial charge >= 0.3 is 0 Å². The molecule has 0 saturated carbocycles. The molecule has 1 aromatic carbocycles. The fraction of sp³-hybridized carbons (Fsp3) is 0.154. The highest BCUT2D eigenvalue weighted by Gasteiger charge is 2.05. The fourth-order valence-corrected chi connectivity index (χ4v) is 1.59. The number of aromatic nitrogens is 2. The molecule has 0 aliphatic rings. The predicted molar refractivity (Wildman–Crippen MR) is 74.7 cm³/mol. The van der Waals surface area contributed by atoms with Gasteiger partial charge in [0.15, 0.2) is 5.78 Å². The van der Waals surface area contributed by atoms with Crippen LogP contribution in [0.15, 0.2) is 36.7 Å². The largest absolute Gasteiger partial charge is 0.399 e. The maximum absolute atomic E-state index is 11.9. The molecular formula is C13H15N5O. The number of carbonyl (C=O) groups excluding carboxylic acids is 1. The first-order chi connectivity index (χ1) is 9.15. The van der Waals surface area contributed by atoms with Crippen LogP contribution in [0.1, 0.15) is 16.8 Å². The van der Waals surface area contributed by atoms with Crippen molar-refractivity contribution in [2.75, 3.05) is 23.3 Å². The Morgan fingerprint density at radius 3 is 2.58 bits per heavy atom. The number of rotatable bonds is 5. The van der Waals surface area contributed by atoms with E-state index in [4.69, 9.17) is 11.5 Å². The number of benzene rings is 1. The Balaban J connectivity index is 1.86. The molecule has 1 aromatic heterocycles. The van der Waals surface area contributed by atoms with E-state index in [1.165, 1.54) is 6.33 Å². The smallest absolute Gasteiger partial charge is 0.164 e. The van der Waals surface area contributed by atoms with Crippen molar-refractivity contribution < 1.29 is 4.79 Å². The van der Waals surface area contributed by atoms with E-state index in [0.29, 0.717) is 35.9 Å². The van der Waals surface area contributed by atoms with E-state index in [1.807, 2.05) is 0 Å². The van der Waals surface area contributed by atoms with E-state index in [0.717, 1.165) is 0 Å². The highest BCUT2D eigenvalue weighted by molar-refractivity contribution is 5.96. The van der Waals surface area contributed by atoms with E-state index >= 15 is 0 Å². The Labute approximate surface area is 110 Å². The average molecular weight is 257 g/mol. The van der Waals surface area contributed by atoms with Crippen LogP contribution in [-0.4, -0.2) is 22.3 Å². The van der Waals surface area contributed by atoms with Gasteiger partial charge in [0.1, 0.15) is 18.0 Å². The van der Waals surface area contributed by atoms with Crippen LogP contribution in [0.4, 0.5) is 17.3 Å². The Morgan fingerprint density at radius 2 is 1.89 bits per heavy atom. The van der Waals surface area contributed by atoms with Crippen molar-refractivity contribution in [2.45, 2.75) is 6.42 Å². The summed E-state index contributed by atoms with van der Waals surface area (Å²) < 4.78 is 0. The molecule has 0 unspecified atom stereocenters. The number of hydrogen-bond donors (Lipinski definition) is 3. The van der Waals surface area contributed by atoms with Gasteiger partial charge in [-0.25, -0.2) is 9.97 Å². The molecule has 0 aliphatic carbocycles. The van der Waals surface area contributed by atoms with Crippen LogP contribution in [-0.2, 0) is 0 Å². The van der Waals surface area contributed by atoms with Gasteiger partial charge in [0.2, 0.25) is 0 Å². The number of ketones is 1. The van der Waals surface area contributed by atoms with Gasteiger partial charge in [0.25, 0.3) is 0 Å². The van der Waals surface area contributed by atoms with E-state index in [1.54, 1.807) is 30.3 Å². The van der Waals surface area contributed by atoms with Crippen LogP contribution in [0.3, 0.4) is 0 Å². The minimum atomic E-state index is 0.0505. The van der Waals surface area contributed by atoms with Crippen molar-refractivity contribution in [3.63, 3.8) is 0 Å². The Bertz CT molecular complexity index is 568. The first-order valence-electron chi connectivity index (χ1n) is 5.85. The van der Waals surface area contributed by atoms with Gasteiger partial charge in [-0.05, 0) is 24.3 Å². The number of nitrogens with zero attached hydrogens (tertiary/aromatic N) is 2. The monoisotopic (exact) mass is 257 g/mol. The van der Waals surface area contributed by atoms with Crippen LogP contribution in [0.5, 0.6) is 0 Å². The van der Waals surface area contributed by atoms with Crippen LogP contribution < -0.4 is 16.8 Å². The first-order valence-corrected chi connectivity index (χ1v) is 5.85. The zero-order valence-corrected chi connectivity index (χ0v) is 10.3. The molecule has 6 heteroatoms. The second-order valence-electron chi connectivity index (χ2n) is 4.05. The van der Waals surface area contributed by atoms with E-state index < -0.39 is 0 Å². The SMILES string of the molecule is Nc1ccc(C(=O)CCNc2cc(N)ncn2)cc1. The standard InChI is InChI=1S/C13H15N5O/c14-10-3-1-9(2-4-10)11(19)5-6-16-13-7-12(15)17-8-18-13/h1-4,7-8H,5-6,14H2,(H3,15,16,17,18). The van der Waals surface area contributed by atoms with Crippen molar-refractivity contribution in [1.82, 2.24) is 9.97 Å². The van der Waals surface area contributed by atoms with Crippen LogP contribution >= 0.6 is 0 Å². The summed E-state index contributed by atoms with van der Waals surface area (Å²) in [6.07, 6.45) is 1.74. The molecule has 0 spiro atoms. The van der Waals surface area contributed by atoms with Gasteiger partial charge in [0.05, 0.1) is 0 Å². The van der Waals surface area contributed by atoms with Crippen LogP contribution in [0.25, 0.3) is 0 Å². The molecule has 2 aromatic rings. The minimum Gasteiger partial charge on any atom is -0.399 e. The van der Waals surface area contributed by atoms with Crippen LogP contribution in [0, 0.1) is 0 Å². The summed E-state index contributed by atoms with van der Waals surface area (Å²) in [6.45, 7) is 0.486. The minimum absolute atomic E-state index is 0.0505. The highest BCUT2D eigenvalue weighted by atomic mass is 16.1. The van der Waals surface area contributed by atoms with E-state index in [2.05, 4.69) is 15.3 Å². The molecule has 98 valence electrons. The van der Waals surface area contributed by atoms with Gasteiger partial charge in [-0.1, -0.05) is 0 Å². The Kier molecular flexibility index (Phi) is 3.92. The second-order valence-corrected chi connectivity index (χ2v) is 4.05. The lowest BCUT2D eigenvalue weighted by molar-refractivity contribution is 0.0986. The number of nitrogen functional groups attached to an aromatic ring is 2. The molecule has 6 nitrogen and oxygen atoms in total. The molecule has 2 rings (SSSR count). The molecule has 0 amide bonds. The maximum atomic E-state index is 11.9. The van der Waals surface area contributed by atoms with Crippen molar-refractivity contribution in [2.24, 2.45) is 0 Å². The van der Waals surface area contributed by atoms with Gasteiger partial charge in [-0.2, -0.15) is 0 Å². The quantitative estimate of drug-likeness (QED) is 0.551. The number of Topliss-reactive ketones (excluding diaryl/α,β-unsaturated/α-hetero) is 1. The molecule has 0 aliphatic heterocycles. The van der Waals surface area contributed by atoms with Crippen molar-refractivity contribution in [1.29, 1.82) is 0 Å². The van der Waals surface area contributed by atoms with Gasteiger partial charge in [0, 0.05) is 30.3 Å². The average Bonchev–Trinajstić information content (AvgIpc) is 2.39. The lowest BCUT2D eigenvalue weighted by Gasteiger charge is -2.05. The second kappa shape index (κ2) is 5.81. The van der Waals surface area contributed by atoms with Crippen molar-refractivity contribution in [3.8, 4) is 0 Å². The van der Waals surface area contributed by atoms with E-state index in [9.17, 15) is 4.79 Å². The summed E-state index contributed by atoms with van der Waals surface area (Å²) >= 11 is 0. The molecule has 0 bridgehead atoms. The topological polar surface area (TPSA) is 107 Å². The number of anilines is 3. The molecule has 19 heavy (non-hydrogen) atoms. The first kappa shape index (κ1) is 12.8. The highest BCUT2D eigenvalue weighted by Crippen LogP contribution is 2.09. The summed E-state index contributed by atoms with van der Waals surface area (Å²) in [7, 11) is 0. The Morgan fingerprint density at radius 1 is 1.16 bits per heavy atom. The summed E-state index contributed by atoms with van der Waals surface area (Å²) in [5, 5.41) is 3.02. The molecule has 1 heterocycles. The molecule has 0 radical (unpaired) electrons. The summed E-state index contributed by atoms with van der Waals surface area (Å²) in [5.74, 6) is 1.05. The number of nitrogens with two attached hydrogens (primary N) is 2. The number of carbonyl (C=O) groups is 1. The lowest BCUT2D eigenvalue weighted by atomic mass is 10.1. The number of nitrogens with one attached hydrogen (secondary N) is 1. The summed E-state index contributed by atoms with van der Waals surface area (Å²) in [4.78, 5) is 19.7. The van der Waals surface area contributed by atoms with Crippen molar-refractivity contribution >= 4 is 23.1 Å². The molecule has 5 N–H and O–H groups in total. The van der Waals surface area contributed by atoms with E-state index in [-0.39, 0.29) is 5.78 Å². The van der Waals surface area contributed by atoms with Gasteiger partial charge in [-0.15, -0.1) is 0 Å². The Hall–Kier alpha value is -2.63. The number of hydrogen-bond acceptors (Lipinski definition) is 6. The molecule has 0 atom stereocenters. The lowest BCUT2D eigenvalue weighted by Crippen LogP contribution is -2.10. The molecule has 0 fully saturated rings. The van der Waals surface area contributed by atoms with Crippen molar-refractivity contribution in [3.05, 3.63) is 42.2 Å². The molecule has 0 saturated heterocycles. The third-order valence-corrected chi connectivity index (χ3v) is 2.58. The zero-order valence-electron chi connectivity index (χ0n) is 10.3. The summed E-state index contributed by atoms with van der Waals surface area (Å²) in [5.41, 5.74) is 12.4. The third kappa shape index (κ3) is 3.67. The normalized spacial score (nSPS) is 10.1. The predicted octanol–water partition coefficient (Wildman–Crippen LogP) is 1.33. The molecular weight excluding hydrogens is 242 g/mol. The third-order valence-electron chi connectivity index (χ3n) is 2.58. The maximum Gasteiger partial charge on any atom is 0.164 e. The fourth-order valence-electron chi connectivity index (χ4n) is 1.59. The van der Waals surface area contributed by atoms with Crippen LogP contribution in [0.2, 0.25) is 0 Å². The van der Waals surface area contributed by atoms with Gasteiger partial charge < -0.3 is 16.8 Å².